The van der Waals surface area contributed by atoms with E-state index in [1.54, 1.807) is 0 Å². The second-order valence-electron chi connectivity index (χ2n) is 5.99. The predicted octanol–water partition coefficient (Wildman–Crippen LogP) is 2.28. The summed E-state index contributed by atoms with van der Waals surface area (Å²) in [7, 11) is 0. The molecule has 1 fully saturated rings. The topological polar surface area (TPSA) is 46.9 Å². The second kappa shape index (κ2) is 5.76. The molecule has 0 bridgehead atoms. The van der Waals surface area contributed by atoms with Crippen LogP contribution in [0.25, 0.3) is 0 Å². The van der Waals surface area contributed by atoms with E-state index >= 15 is 0 Å². The summed E-state index contributed by atoms with van der Waals surface area (Å²) >= 11 is 0. The van der Waals surface area contributed by atoms with Gasteiger partial charge in [-0.15, -0.1) is 0 Å². The molecule has 1 aliphatic carbocycles. The van der Waals surface area contributed by atoms with Crippen molar-refractivity contribution < 1.29 is 4.79 Å². The summed E-state index contributed by atoms with van der Waals surface area (Å²) in [5.41, 5.74) is 0. The smallest absolute Gasteiger partial charge is 0.220 e. The average Bonchev–Trinajstić information content (AvgIpc) is 3.07. The van der Waals surface area contributed by atoms with Gasteiger partial charge in [0.2, 0.25) is 5.91 Å². The Labute approximate surface area is 114 Å². The van der Waals surface area contributed by atoms with Crippen LogP contribution in [0.2, 0.25) is 0 Å². The number of aromatic nitrogens is 2. The molecule has 1 aromatic rings. The number of hydrogen-bond acceptors (Lipinski definition) is 2. The molecular weight excluding hydrogens is 238 g/mol. The first-order chi connectivity index (χ1) is 9.31. The van der Waals surface area contributed by atoms with Crippen molar-refractivity contribution in [1.29, 1.82) is 0 Å². The van der Waals surface area contributed by atoms with Crippen molar-refractivity contribution >= 4 is 5.91 Å². The summed E-state index contributed by atoms with van der Waals surface area (Å²) in [5, 5.41) is 3.19. The number of fused-ring (bicyclic) bond motifs is 1. The molecule has 0 saturated heterocycles. The Morgan fingerprint density at radius 3 is 3.05 bits per heavy atom. The molecule has 1 aromatic heterocycles. The highest BCUT2D eigenvalue weighted by Crippen LogP contribution is 2.28. The summed E-state index contributed by atoms with van der Waals surface area (Å²) in [6, 6.07) is 0.290. The lowest BCUT2D eigenvalue weighted by molar-refractivity contribution is -0.122. The van der Waals surface area contributed by atoms with Crippen LogP contribution < -0.4 is 5.32 Å². The van der Waals surface area contributed by atoms with E-state index in [9.17, 15) is 4.79 Å². The van der Waals surface area contributed by atoms with Crippen LogP contribution in [0.15, 0.2) is 12.4 Å². The Kier molecular flexibility index (Phi) is 3.85. The maximum Gasteiger partial charge on any atom is 0.220 e. The van der Waals surface area contributed by atoms with Crippen LogP contribution in [-0.2, 0) is 17.8 Å². The number of nitrogens with one attached hydrogen (secondary N) is 1. The SMILES string of the molecule is O=C(CCC1CCCC1)N[C@H]1CCc2nccn2C1. The summed E-state index contributed by atoms with van der Waals surface area (Å²) in [4.78, 5) is 16.3. The highest BCUT2D eigenvalue weighted by Gasteiger charge is 2.21. The van der Waals surface area contributed by atoms with Gasteiger partial charge in [-0.2, -0.15) is 0 Å². The van der Waals surface area contributed by atoms with Gasteiger partial charge in [0.15, 0.2) is 0 Å². The Hall–Kier alpha value is -1.32. The molecule has 3 rings (SSSR count). The monoisotopic (exact) mass is 261 g/mol. The van der Waals surface area contributed by atoms with Gasteiger partial charge in [0.05, 0.1) is 0 Å². The van der Waals surface area contributed by atoms with Crippen LogP contribution >= 0.6 is 0 Å². The van der Waals surface area contributed by atoms with E-state index < -0.39 is 0 Å². The highest BCUT2D eigenvalue weighted by molar-refractivity contribution is 5.76. The molecule has 19 heavy (non-hydrogen) atoms. The van der Waals surface area contributed by atoms with E-state index in [0.29, 0.717) is 6.42 Å². The van der Waals surface area contributed by atoms with E-state index in [0.717, 1.165) is 37.5 Å². The Bertz CT molecular complexity index is 434. The summed E-state index contributed by atoms with van der Waals surface area (Å²) in [5.74, 6) is 2.19. The van der Waals surface area contributed by atoms with Crippen molar-refractivity contribution in [1.82, 2.24) is 14.9 Å². The lowest BCUT2D eigenvalue weighted by atomic mass is 10.0. The number of rotatable bonds is 4. The van der Waals surface area contributed by atoms with E-state index in [4.69, 9.17) is 0 Å². The Morgan fingerprint density at radius 1 is 1.37 bits per heavy atom. The third-order valence-electron chi connectivity index (χ3n) is 4.55. The average molecular weight is 261 g/mol. The Balaban J connectivity index is 1.42. The normalized spacial score (nSPS) is 23.3. The molecule has 1 N–H and O–H groups in total. The number of nitrogens with zero attached hydrogens (tertiary/aromatic N) is 2. The molecule has 4 nitrogen and oxygen atoms in total. The van der Waals surface area contributed by atoms with Crippen molar-refractivity contribution in [2.45, 2.75) is 64.0 Å². The first-order valence-corrected chi connectivity index (χ1v) is 7.60. The zero-order valence-corrected chi connectivity index (χ0v) is 11.5. The highest BCUT2D eigenvalue weighted by atomic mass is 16.1. The molecule has 104 valence electrons. The third kappa shape index (κ3) is 3.17. The van der Waals surface area contributed by atoms with Crippen molar-refractivity contribution in [3.05, 3.63) is 18.2 Å². The van der Waals surface area contributed by atoms with Crippen molar-refractivity contribution in [3.63, 3.8) is 0 Å². The van der Waals surface area contributed by atoms with Crippen LogP contribution in [0.4, 0.5) is 0 Å². The van der Waals surface area contributed by atoms with Gasteiger partial charge in [-0.05, 0) is 18.8 Å². The van der Waals surface area contributed by atoms with Gasteiger partial charge in [-0.3, -0.25) is 4.79 Å². The molecule has 1 amide bonds. The lowest BCUT2D eigenvalue weighted by Gasteiger charge is -2.25. The fourth-order valence-electron chi connectivity index (χ4n) is 3.42. The summed E-state index contributed by atoms with van der Waals surface area (Å²) in [6.45, 7) is 0.879. The fourth-order valence-corrected chi connectivity index (χ4v) is 3.42. The number of hydrogen-bond donors (Lipinski definition) is 1. The molecule has 1 saturated carbocycles. The largest absolute Gasteiger partial charge is 0.352 e. The molecule has 0 unspecified atom stereocenters. The van der Waals surface area contributed by atoms with E-state index in [1.807, 2.05) is 12.4 Å². The minimum Gasteiger partial charge on any atom is -0.352 e. The minimum atomic E-state index is 0.237. The maximum atomic E-state index is 12.0. The minimum absolute atomic E-state index is 0.237. The maximum absolute atomic E-state index is 12.0. The summed E-state index contributed by atoms with van der Waals surface area (Å²) < 4.78 is 2.16. The van der Waals surface area contributed by atoms with Gasteiger partial charge >= 0.3 is 0 Å². The number of amides is 1. The summed E-state index contributed by atoms with van der Waals surface area (Å²) in [6.07, 6.45) is 13.0. The van der Waals surface area contributed by atoms with Gasteiger partial charge in [0, 0.05) is 37.8 Å². The first kappa shape index (κ1) is 12.7. The van der Waals surface area contributed by atoms with Crippen LogP contribution in [0.3, 0.4) is 0 Å². The lowest BCUT2D eigenvalue weighted by Crippen LogP contribution is -2.40. The van der Waals surface area contributed by atoms with Crippen molar-refractivity contribution in [2.75, 3.05) is 0 Å². The molecule has 0 spiro atoms. The van der Waals surface area contributed by atoms with E-state index in [1.165, 1.54) is 25.7 Å². The quantitative estimate of drug-likeness (QED) is 0.904. The van der Waals surface area contributed by atoms with Gasteiger partial charge in [-0.25, -0.2) is 4.98 Å². The Morgan fingerprint density at radius 2 is 2.21 bits per heavy atom. The standard InChI is InChI=1S/C15H23N3O/c19-15(8-5-12-3-1-2-4-12)17-13-6-7-14-16-9-10-18(14)11-13/h9-10,12-13H,1-8,11H2,(H,17,19)/t13-/m0/s1. The van der Waals surface area contributed by atoms with Crippen LogP contribution in [0.5, 0.6) is 0 Å². The molecule has 1 atom stereocenters. The molecule has 2 aliphatic rings. The fraction of sp³-hybridized carbons (Fsp3) is 0.733. The number of aryl methyl sites for hydroxylation is 1. The van der Waals surface area contributed by atoms with Crippen molar-refractivity contribution in [2.24, 2.45) is 5.92 Å². The first-order valence-electron chi connectivity index (χ1n) is 7.60. The molecule has 0 aromatic carbocycles. The van der Waals surface area contributed by atoms with Crippen LogP contribution in [-0.4, -0.2) is 21.5 Å². The van der Waals surface area contributed by atoms with E-state index in [-0.39, 0.29) is 11.9 Å². The van der Waals surface area contributed by atoms with E-state index in [2.05, 4.69) is 14.9 Å². The molecule has 2 heterocycles. The molecule has 4 heteroatoms. The number of carbonyl (C=O) groups is 1. The zero-order valence-electron chi connectivity index (χ0n) is 11.5. The molecule has 1 aliphatic heterocycles. The van der Waals surface area contributed by atoms with Gasteiger partial charge in [0.25, 0.3) is 0 Å². The van der Waals surface area contributed by atoms with Crippen molar-refractivity contribution in [3.8, 4) is 0 Å². The number of imidazole rings is 1. The zero-order chi connectivity index (χ0) is 13.1. The molecule has 0 radical (unpaired) electrons. The second-order valence-corrected chi connectivity index (χ2v) is 5.99. The predicted molar refractivity (Wildman–Crippen MR) is 73.7 cm³/mol. The van der Waals surface area contributed by atoms with Gasteiger partial charge in [0.1, 0.15) is 5.82 Å². The number of carbonyl (C=O) groups excluding carboxylic acids is 1. The van der Waals surface area contributed by atoms with Crippen LogP contribution in [0, 0.1) is 5.92 Å². The molecular formula is C15H23N3O. The van der Waals surface area contributed by atoms with Crippen LogP contribution in [0.1, 0.15) is 50.8 Å². The van der Waals surface area contributed by atoms with Gasteiger partial charge in [-0.1, -0.05) is 25.7 Å². The van der Waals surface area contributed by atoms with Gasteiger partial charge < -0.3 is 9.88 Å². The third-order valence-corrected chi connectivity index (χ3v) is 4.55.